The van der Waals surface area contributed by atoms with Crippen molar-refractivity contribution in [2.75, 3.05) is 6.54 Å². The predicted molar refractivity (Wildman–Crippen MR) is 119 cm³/mol. The van der Waals surface area contributed by atoms with Crippen molar-refractivity contribution in [1.82, 2.24) is 10.2 Å². The fraction of sp³-hybridized carbons (Fsp3) is 0.391. The number of hydrogen-bond donors (Lipinski definition) is 1. The Kier molecular flexibility index (Phi) is 8.99. The van der Waals surface area contributed by atoms with Gasteiger partial charge in [-0.05, 0) is 54.7 Å². The van der Waals surface area contributed by atoms with E-state index in [1.54, 1.807) is 36.1 Å². The van der Waals surface area contributed by atoms with Crippen LogP contribution in [0.4, 0.5) is 0 Å². The summed E-state index contributed by atoms with van der Waals surface area (Å²) < 4.78 is 0. The molecule has 2 aromatic rings. The Morgan fingerprint density at radius 1 is 0.897 bits per heavy atom. The minimum absolute atomic E-state index is 0.117. The Morgan fingerprint density at radius 2 is 1.41 bits per heavy atom. The van der Waals surface area contributed by atoms with Gasteiger partial charge >= 0.3 is 0 Å². The number of nitrogens with zero attached hydrogens (tertiary/aromatic N) is 1. The van der Waals surface area contributed by atoms with Gasteiger partial charge in [-0.3, -0.25) is 9.59 Å². The number of carbonyl (C=O) groups is 2. The molecule has 0 saturated heterocycles. The van der Waals surface area contributed by atoms with Crippen LogP contribution in [0.1, 0.15) is 38.3 Å². The third-order valence-electron chi connectivity index (χ3n) is 4.72. The first-order valence-corrected chi connectivity index (χ1v) is 10.6. The molecular weight excluding hydrogens is 407 g/mol. The molecule has 2 amide bonds. The first-order valence-electron chi connectivity index (χ1n) is 9.82. The van der Waals surface area contributed by atoms with Crippen LogP contribution in [-0.4, -0.2) is 29.3 Å². The number of halogens is 2. The molecule has 29 heavy (non-hydrogen) atoms. The van der Waals surface area contributed by atoms with Crippen LogP contribution in [0.3, 0.4) is 0 Å². The molecule has 1 N–H and O–H groups in total. The number of carbonyl (C=O) groups excluding carboxylic acids is 2. The molecule has 2 rings (SSSR count). The van der Waals surface area contributed by atoms with Gasteiger partial charge in [0.05, 0.1) is 6.42 Å². The molecule has 0 fully saturated rings. The number of benzene rings is 2. The monoisotopic (exact) mass is 434 g/mol. The number of amides is 2. The summed E-state index contributed by atoms with van der Waals surface area (Å²) in [5.74, 6) is 0.236. The van der Waals surface area contributed by atoms with Gasteiger partial charge in [-0.25, -0.2) is 0 Å². The molecule has 0 heterocycles. The average molecular weight is 435 g/mol. The highest BCUT2D eigenvalue weighted by atomic mass is 35.5. The van der Waals surface area contributed by atoms with Crippen LogP contribution in [0.15, 0.2) is 48.5 Å². The van der Waals surface area contributed by atoms with E-state index in [1.165, 1.54) is 0 Å². The summed E-state index contributed by atoms with van der Waals surface area (Å²) in [6.07, 6.45) is 1.10. The summed E-state index contributed by atoms with van der Waals surface area (Å²) in [6.45, 7) is 6.92. The maximum atomic E-state index is 13.1. The molecule has 0 aromatic heterocycles. The molecule has 0 aliphatic rings. The van der Waals surface area contributed by atoms with Gasteiger partial charge in [0, 0.05) is 23.1 Å². The molecule has 0 saturated carbocycles. The third kappa shape index (κ3) is 7.71. The van der Waals surface area contributed by atoms with Crippen molar-refractivity contribution >= 4 is 35.0 Å². The molecule has 0 aliphatic heterocycles. The molecular formula is C23H28Cl2N2O2. The molecule has 2 aromatic carbocycles. The maximum absolute atomic E-state index is 13.1. The van der Waals surface area contributed by atoms with E-state index >= 15 is 0 Å². The van der Waals surface area contributed by atoms with Gasteiger partial charge in [-0.15, -0.1) is 0 Å². The van der Waals surface area contributed by atoms with Crippen LogP contribution in [0.25, 0.3) is 0 Å². The van der Waals surface area contributed by atoms with Crippen LogP contribution >= 0.6 is 23.2 Å². The van der Waals surface area contributed by atoms with Gasteiger partial charge in [-0.2, -0.15) is 0 Å². The summed E-state index contributed by atoms with van der Waals surface area (Å²) >= 11 is 11.9. The zero-order valence-corrected chi connectivity index (χ0v) is 18.6. The molecule has 0 bridgehead atoms. The van der Waals surface area contributed by atoms with E-state index in [9.17, 15) is 9.59 Å². The zero-order valence-electron chi connectivity index (χ0n) is 17.1. The highest BCUT2D eigenvalue weighted by Crippen LogP contribution is 2.16. The topological polar surface area (TPSA) is 49.4 Å². The lowest BCUT2D eigenvalue weighted by atomic mass is 10.1. The Bertz CT molecular complexity index is 805. The molecule has 1 atom stereocenters. The van der Waals surface area contributed by atoms with Crippen LogP contribution in [-0.2, 0) is 22.6 Å². The van der Waals surface area contributed by atoms with Crippen molar-refractivity contribution in [3.63, 3.8) is 0 Å². The quantitative estimate of drug-likeness (QED) is 0.595. The Balaban J connectivity index is 2.14. The summed E-state index contributed by atoms with van der Waals surface area (Å²) in [5.41, 5.74) is 1.77. The average Bonchev–Trinajstić information content (AvgIpc) is 2.68. The highest BCUT2D eigenvalue weighted by Gasteiger charge is 2.26. The Labute approximate surface area is 183 Å². The molecule has 6 heteroatoms. The molecule has 4 nitrogen and oxygen atoms in total. The normalized spacial score (nSPS) is 11.9. The van der Waals surface area contributed by atoms with Crippen molar-refractivity contribution in [2.24, 2.45) is 5.92 Å². The highest BCUT2D eigenvalue weighted by molar-refractivity contribution is 6.30. The summed E-state index contributed by atoms with van der Waals surface area (Å²) in [5, 5.41) is 4.20. The van der Waals surface area contributed by atoms with Crippen molar-refractivity contribution < 1.29 is 9.59 Å². The minimum Gasteiger partial charge on any atom is -0.354 e. The largest absolute Gasteiger partial charge is 0.354 e. The lowest BCUT2D eigenvalue weighted by molar-refractivity contribution is -0.140. The van der Waals surface area contributed by atoms with Crippen LogP contribution in [0, 0.1) is 5.92 Å². The first-order chi connectivity index (χ1) is 13.8. The second-order valence-corrected chi connectivity index (χ2v) is 8.47. The van der Waals surface area contributed by atoms with Crippen LogP contribution < -0.4 is 5.32 Å². The third-order valence-corrected chi connectivity index (χ3v) is 5.23. The fourth-order valence-electron chi connectivity index (χ4n) is 2.88. The molecule has 0 radical (unpaired) electrons. The number of rotatable bonds is 9. The van der Waals surface area contributed by atoms with Gasteiger partial charge < -0.3 is 10.2 Å². The number of hydrogen-bond acceptors (Lipinski definition) is 2. The summed E-state index contributed by atoms with van der Waals surface area (Å²) in [4.78, 5) is 27.4. The van der Waals surface area contributed by atoms with E-state index in [0.29, 0.717) is 29.1 Å². The van der Waals surface area contributed by atoms with Crippen molar-refractivity contribution in [3.8, 4) is 0 Å². The Hall–Kier alpha value is -2.04. The van der Waals surface area contributed by atoms with E-state index in [4.69, 9.17) is 23.2 Å². The smallest absolute Gasteiger partial charge is 0.242 e. The van der Waals surface area contributed by atoms with Crippen LogP contribution in [0.2, 0.25) is 10.0 Å². The summed E-state index contributed by atoms with van der Waals surface area (Å²) in [6, 6.07) is 13.9. The zero-order chi connectivity index (χ0) is 21.4. The van der Waals surface area contributed by atoms with Gasteiger partial charge in [-0.1, -0.05) is 61.3 Å². The summed E-state index contributed by atoms with van der Waals surface area (Å²) in [7, 11) is 0. The van der Waals surface area contributed by atoms with E-state index in [-0.39, 0.29) is 18.2 Å². The molecule has 0 aliphatic carbocycles. The van der Waals surface area contributed by atoms with Crippen molar-refractivity contribution in [1.29, 1.82) is 0 Å². The lowest BCUT2D eigenvalue weighted by Crippen LogP contribution is -2.48. The van der Waals surface area contributed by atoms with Gasteiger partial charge in [0.1, 0.15) is 6.04 Å². The first kappa shape index (κ1) is 23.2. The van der Waals surface area contributed by atoms with E-state index in [2.05, 4.69) is 19.2 Å². The predicted octanol–water partition coefficient (Wildman–Crippen LogP) is 5.12. The molecule has 156 valence electrons. The van der Waals surface area contributed by atoms with E-state index in [1.807, 2.05) is 24.3 Å². The number of nitrogens with one attached hydrogen (secondary N) is 1. The molecule has 0 spiro atoms. The van der Waals surface area contributed by atoms with E-state index in [0.717, 1.165) is 17.5 Å². The minimum atomic E-state index is -0.586. The SMILES string of the molecule is CC(C)CCNC(=O)[C@H](C)N(Cc1ccc(Cl)cc1)C(=O)Cc1ccc(Cl)cc1. The maximum Gasteiger partial charge on any atom is 0.242 e. The fourth-order valence-corrected chi connectivity index (χ4v) is 3.13. The van der Waals surface area contributed by atoms with Gasteiger partial charge in [0.25, 0.3) is 0 Å². The standard InChI is InChI=1S/C23H28Cl2N2O2/c1-16(2)12-13-26-23(29)17(3)27(15-19-6-10-21(25)11-7-19)22(28)14-18-4-8-20(24)9-5-18/h4-11,16-17H,12-15H2,1-3H3,(H,26,29)/t17-/m0/s1. The van der Waals surface area contributed by atoms with Crippen molar-refractivity contribution in [2.45, 2.75) is 46.2 Å². The van der Waals surface area contributed by atoms with Crippen molar-refractivity contribution in [3.05, 3.63) is 69.7 Å². The van der Waals surface area contributed by atoms with Gasteiger partial charge in [0.2, 0.25) is 11.8 Å². The van der Waals surface area contributed by atoms with Crippen LogP contribution in [0.5, 0.6) is 0 Å². The Morgan fingerprint density at radius 3 is 1.93 bits per heavy atom. The van der Waals surface area contributed by atoms with E-state index < -0.39 is 6.04 Å². The lowest BCUT2D eigenvalue weighted by Gasteiger charge is -2.29. The molecule has 0 unspecified atom stereocenters. The second kappa shape index (κ2) is 11.2. The second-order valence-electron chi connectivity index (χ2n) is 7.60. The van der Waals surface area contributed by atoms with Gasteiger partial charge in [0.15, 0.2) is 0 Å².